The van der Waals surface area contributed by atoms with Crippen molar-refractivity contribution < 1.29 is 4.79 Å². The van der Waals surface area contributed by atoms with E-state index in [0.717, 1.165) is 22.6 Å². The lowest BCUT2D eigenvalue weighted by Crippen LogP contribution is -2.33. The normalized spacial score (nSPS) is 13.4. The lowest BCUT2D eigenvalue weighted by Gasteiger charge is -2.19. The Balaban J connectivity index is 1.73. The number of nitrogens with zero attached hydrogens (tertiary/aromatic N) is 4. The second-order valence-corrected chi connectivity index (χ2v) is 6.32. The first-order chi connectivity index (χ1) is 12.0. The molecule has 0 fully saturated rings. The van der Waals surface area contributed by atoms with E-state index in [1.165, 1.54) is 0 Å². The molecule has 25 heavy (non-hydrogen) atoms. The van der Waals surface area contributed by atoms with E-state index in [9.17, 15) is 4.79 Å². The molecule has 0 spiro atoms. The first-order valence-electron chi connectivity index (χ1n) is 8.39. The molecule has 0 aliphatic carbocycles. The highest BCUT2D eigenvalue weighted by Crippen LogP contribution is 2.18. The first kappa shape index (κ1) is 17.0. The Bertz CT molecular complexity index is 866. The average molecular weight is 337 g/mol. The van der Waals surface area contributed by atoms with Crippen molar-refractivity contribution in [1.29, 1.82) is 0 Å². The predicted molar refractivity (Wildman–Crippen MR) is 96.5 cm³/mol. The van der Waals surface area contributed by atoms with E-state index in [-0.39, 0.29) is 18.0 Å². The van der Waals surface area contributed by atoms with Crippen molar-refractivity contribution in [3.05, 3.63) is 65.7 Å². The summed E-state index contributed by atoms with van der Waals surface area (Å²) in [5.41, 5.74) is 3.89. The van der Waals surface area contributed by atoms with Crippen LogP contribution in [-0.4, -0.2) is 25.5 Å². The molecule has 0 aliphatic heterocycles. The molecular weight excluding hydrogens is 314 g/mol. The quantitative estimate of drug-likeness (QED) is 0.778. The highest BCUT2D eigenvalue weighted by Gasteiger charge is 2.20. The molecule has 2 atom stereocenters. The number of aryl methyl sites for hydroxylation is 2. The average Bonchev–Trinajstić information content (AvgIpc) is 3.24. The molecule has 2 heterocycles. The summed E-state index contributed by atoms with van der Waals surface area (Å²) in [7, 11) is 0. The number of benzene rings is 1. The van der Waals surface area contributed by atoms with Crippen molar-refractivity contribution in [2.45, 2.75) is 39.8 Å². The molecule has 3 aromatic rings. The zero-order chi connectivity index (χ0) is 18.0. The van der Waals surface area contributed by atoms with Crippen LogP contribution in [0.1, 0.15) is 42.9 Å². The minimum absolute atomic E-state index is 0.0526. The van der Waals surface area contributed by atoms with E-state index in [0.29, 0.717) is 0 Å². The zero-order valence-electron chi connectivity index (χ0n) is 15.0. The number of amides is 1. The van der Waals surface area contributed by atoms with E-state index in [4.69, 9.17) is 0 Å². The van der Waals surface area contributed by atoms with Crippen molar-refractivity contribution in [1.82, 2.24) is 24.9 Å². The number of carbonyl (C=O) groups is 1. The van der Waals surface area contributed by atoms with Crippen molar-refractivity contribution in [3.63, 3.8) is 0 Å². The molecule has 130 valence electrons. The Kier molecular flexibility index (Phi) is 4.70. The molecule has 0 bridgehead atoms. The molecule has 0 unspecified atom stereocenters. The number of hydrogen-bond donors (Lipinski definition) is 1. The largest absolute Gasteiger partial charge is 0.348 e. The molecular formula is C19H23N5O. The van der Waals surface area contributed by atoms with Crippen LogP contribution in [0.15, 0.2) is 48.8 Å². The molecule has 2 aromatic heterocycles. The molecule has 0 radical (unpaired) electrons. The Morgan fingerprint density at radius 3 is 2.60 bits per heavy atom. The van der Waals surface area contributed by atoms with Crippen molar-refractivity contribution in [2.75, 3.05) is 0 Å². The second kappa shape index (κ2) is 6.93. The van der Waals surface area contributed by atoms with Crippen LogP contribution in [0.25, 0.3) is 5.69 Å². The maximum absolute atomic E-state index is 12.6. The van der Waals surface area contributed by atoms with Gasteiger partial charge in [0.2, 0.25) is 5.91 Å². The Morgan fingerprint density at radius 1 is 1.16 bits per heavy atom. The maximum atomic E-state index is 12.6. The molecule has 3 rings (SSSR count). The van der Waals surface area contributed by atoms with Gasteiger partial charge in [0.05, 0.1) is 17.4 Å². The van der Waals surface area contributed by atoms with Crippen LogP contribution in [0.5, 0.6) is 0 Å². The topological polar surface area (TPSA) is 64.7 Å². The maximum Gasteiger partial charge on any atom is 0.245 e. The Hall–Kier alpha value is -2.89. The minimum atomic E-state index is -0.356. The van der Waals surface area contributed by atoms with Gasteiger partial charge in [-0.05, 0) is 57.5 Å². The number of hydrogen-bond acceptors (Lipinski definition) is 3. The van der Waals surface area contributed by atoms with Gasteiger partial charge in [-0.25, -0.2) is 4.68 Å². The molecule has 0 aliphatic rings. The SMILES string of the molecule is Cc1cc(C)n([C@@H](C)C(=O)N[C@H](C)c2cccc(-n3cccn3)c2)n1. The summed E-state index contributed by atoms with van der Waals surface area (Å²) in [6.45, 7) is 7.73. The van der Waals surface area contributed by atoms with E-state index >= 15 is 0 Å². The van der Waals surface area contributed by atoms with Crippen molar-refractivity contribution in [3.8, 4) is 5.69 Å². The standard InChI is InChI=1S/C19H23N5O/c1-13-11-14(2)24(22-13)16(4)19(25)21-15(3)17-7-5-8-18(12-17)23-10-6-9-20-23/h5-12,15-16H,1-4H3,(H,21,25)/t15-,16+/m1/s1. The van der Waals surface area contributed by atoms with Gasteiger partial charge in [0, 0.05) is 18.1 Å². The van der Waals surface area contributed by atoms with Crippen LogP contribution in [-0.2, 0) is 4.79 Å². The van der Waals surface area contributed by atoms with E-state index in [1.54, 1.807) is 15.6 Å². The first-order valence-corrected chi connectivity index (χ1v) is 8.39. The Morgan fingerprint density at radius 2 is 1.96 bits per heavy atom. The fourth-order valence-electron chi connectivity index (χ4n) is 2.92. The summed E-state index contributed by atoms with van der Waals surface area (Å²) in [4.78, 5) is 12.6. The number of nitrogens with one attached hydrogen (secondary N) is 1. The lowest BCUT2D eigenvalue weighted by molar-refractivity contribution is -0.124. The van der Waals surface area contributed by atoms with E-state index in [2.05, 4.69) is 15.5 Å². The van der Waals surface area contributed by atoms with Gasteiger partial charge in [0.1, 0.15) is 6.04 Å². The molecule has 0 saturated heterocycles. The lowest BCUT2D eigenvalue weighted by atomic mass is 10.1. The summed E-state index contributed by atoms with van der Waals surface area (Å²) < 4.78 is 3.56. The zero-order valence-corrected chi connectivity index (χ0v) is 15.0. The molecule has 1 N–H and O–H groups in total. The van der Waals surface area contributed by atoms with Crippen molar-refractivity contribution >= 4 is 5.91 Å². The van der Waals surface area contributed by atoms with Crippen LogP contribution < -0.4 is 5.32 Å². The third-order valence-corrected chi connectivity index (χ3v) is 4.29. The second-order valence-electron chi connectivity index (χ2n) is 6.32. The van der Waals surface area contributed by atoms with Gasteiger partial charge in [-0.3, -0.25) is 9.48 Å². The van der Waals surface area contributed by atoms with Gasteiger partial charge in [-0.15, -0.1) is 0 Å². The third-order valence-electron chi connectivity index (χ3n) is 4.29. The highest BCUT2D eigenvalue weighted by atomic mass is 16.2. The summed E-state index contributed by atoms with van der Waals surface area (Å²) in [6.07, 6.45) is 3.64. The van der Waals surface area contributed by atoms with Crippen LogP contribution in [0.4, 0.5) is 0 Å². The van der Waals surface area contributed by atoms with Gasteiger partial charge >= 0.3 is 0 Å². The molecule has 0 saturated carbocycles. The summed E-state index contributed by atoms with van der Waals surface area (Å²) >= 11 is 0. The summed E-state index contributed by atoms with van der Waals surface area (Å²) in [5.74, 6) is -0.0526. The molecule has 6 heteroatoms. The van der Waals surface area contributed by atoms with Gasteiger partial charge in [0.15, 0.2) is 0 Å². The number of aromatic nitrogens is 4. The summed E-state index contributed by atoms with van der Waals surface area (Å²) in [6, 6.07) is 11.4. The van der Waals surface area contributed by atoms with Gasteiger partial charge in [-0.2, -0.15) is 10.2 Å². The number of rotatable bonds is 5. The molecule has 1 amide bonds. The molecule has 6 nitrogen and oxygen atoms in total. The minimum Gasteiger partial charge on any atom is -0.348 e. The van der Waals surface area contributed by atoms with E-state index < -0.39 is 0 Å². The third kappa shape index (κ3) is 3.63. The predicted octanol–water partition coefficient (Wildman–Crippen LogP) is 3.12. The summed E-state index contributed by atoms with van der Waals surface area (Å²) in [5, 5.41) is 11.7. The number of carbonyl (C=O) groups excluding carboxylic acids is 1. The smallest absolute Gasteiger partial charge is 0.245 e. The Labute approximate surface area is 147 Å². The van der Waals surface area contributed by atoms with Gasteiger partial charge < -0.3 is 5.32 Å². The fraction of sp³-hybridized carbons (Fsp3) is 0.316. The van der Waals surface area contributed by atoms with Crippen LogP contribution in [0.2, 0.25) is 0 Å². The monoisotopic (exact) mass is 337 g/mol. The molecule has 1 aromatic carbocycles. The van der Waals surface area contributed by atoms with Crippen LogP contribution >= 0.6 is 0 Å². The fourth-order valence-corrected chi connectivity index (χ4v) is 2.92. The highest BCUT2D eigenvalue weighted by molar-refractivity contribution is 5.80. The van der Waals surface area contributed by atoms with E-state index in [1.807, 2.05) is 70.3 Å². The van der Waals surface area contributed by atoms with Crippen molar-refractivity contribution in [2.24, 2.45) is 0 Å². The van der Waals surface area contributed by atoms with Crippen LogP contribution in [0.3, 0.4) is 0 Å². The van der Waals surface area contributed by atoms with Gasteiger partial charge in [0.25, 0.3) is 0 Å². The van der Waals surface area contributed by atoms with Crippen LogP contribution in [0, 0.1) is 13.8 Å². The van der Waals surface area contributed by atoms with Gasteiger partial charge in [-0.1, -0.05) is 12.1 Å².